The second-order valence-electron chi connectivity index (χ2n) is 17.1. The van der Waals surface area contributed by atoms with E-state index in [4.69, 9.17) is 0 Å². The Hall–Kier alpha value is -7.84. The van der Waals surface area contributed by atoms with Crippen LogP contribution < -0.4 is 0 Å². The smallest absolute Gasteiger partial charge is 0.0434 e. The van der Waals surface area contributed by atoms with Crippen molar-refractivity contribution in [1.29, 1.82) is 0 Å². The van der Waals surface area contributed by atoms with Gasteiger partial charge in [0.2, 0.25) is 0 Å². The summed E-state index contributed by atoms with van der Waals surface area (Å²) in [4.78, 5) is 0. The molecule has 63 heavy (non-hydrogen) atoms. The molecule has 0 aliphatic heterocycles. The topological polar surface area (TPSA) is 0 Å². The standard InChI is InChI=1S/C62H36S/c1-2-10-37(11-3-1)40-12-8-14-43(34-40)46-26-20-38-23-30-54-47(27-21-39-22-29-53(46)58(38)59(39)54)44-15-9-13-41(35-44)42-24-28-48-45(36-42)25-31-56-61-57(63-62(48)56)33-32-55-51-18-5-4-16-49(51)50-17-6-7-19-52(50)60(55)61/h1-36H. The van der Waals surface area contributed by atoms with Crippen LogP contribution in [-0.4, -0.2) is 0 Å². The molecule has 0 aliphatic carbocycles. The second-order valence-corrected chi connectivity index (χ2v) is 18.2. The Labute approximate surface area is 367 Å². The molecule has 0 amide bonds. The van der Waals surface area contributed by atoms with E-state index in [0.29, 0.717) is 0 Å². The summed E-state index contributed by atoms with van der Waals surface area (Å²) >= 11 is 1.92. The first-order chi connectivity index (χ1) is 31.2. The number of hydrogen-bond acceptors (Lipinski definition) is 1. The highest BCUT2D eigenvalue weighted by Crippen LogP contribution is 2.47. The van der Waals surface area contributed by atoms with Crippen molar-refractivity contribution in [3.63, 3.8) is 0 Å². The Bertz CT molecular complexity index is 4150. The Morgan fingerprint density at radius 3 is 1.35 bits per heavy atom. The molecule has 1 aromatic heterocycles. The van der Waals surface area contributed by atoms with Gasteiger partial charge in [-0.05, 0) is 144 Å². The van der Waals surface area contributed by atoms with Crippen molar-refractivity contribution < 1.29 is 0 Å². The first kappa shape index (κ1) is 34.8. The van der Waals surface area contributed by atoms with Gasteiger partial charge in [0.1, 0.15) is 0 Å². The molecule has 1 heteroatoms. The molecule has 0 aliphatic rings. The van der Waals surface area contributed by atoms with E-state index in [1.807, 2.05) is 11.3 Å². The van der Waals surface area contributed by atoms with Crippen molar-refractivity contribution in [2.24, 2.45) is 0 Å². The molecular weight excluding hydrogens is 777 g/mol. The first-order valence-electron chi connectivity index (χ1n) is 21.8. The molecule has 0 bridgehead atoms. The number of thiophene rings is 1. The average Bonchev–Trinajstić information content (AvgIpc) is 3.75. The van der Waals surface area contributed by atoms with Gasteiger partial charge in [-0.1, -0.05) is 194 Å². The van der Waals surface area contributed by atoms with Gasteiger partial charge in [-0.2, -0.15) is 0 Å². The minimum Gasteiger partial charge on any atom is -0.135 e. The van der Waals surface area contributed by atoms with Crippen molar-refractivity contribution in [3.05, 3.63) is 218 Å². The minimum atomic E-state index is 1.22. The molecule has 0 unspecified atom stereocenters. The lowest BCUT2D eigenvalue weighted by molar-refractivity contribution is 1.61. The maximum Gasteiger partial charge on any atom is 0.0434 e. The van der Waals surface area contributed by atoms with Gasteiger partial charge in [-0.3, -0.25) is 0 Å². The summed E-state index contributed by atoms with van der Waals surface area (Å²) in [6.45, 7) is 0. The Morgan fingerprint density at radius 2 is 0.683 bits per heavy atom. The van der Waals surface area contributed by atoms with Crippen molar-refractivity contribution in [3.8, 4) is 44.5 Å². The number of hydrogen-bond donors (Lipinski definition) is 0. The molecule has 290 valence electrons. The molecular formula is C62H36S. The van der Waals surface area contributed by atoms with E-state index < -0.39 is 0 Å². The summed E-state index contributed by atoms with van der Waals surface area (Å²) in [5, 5.41) is 21.0. The third kappa shape index (κ3) is 5.15. The number of benzene rings is 13. The lowest BCUT2D eigenvalue weighted by Crippen LogP contribution is -1.90. The van der Waals surface area contributed by atoms with E-state index >= 15 is 0 Å². The van der Waals surface area contributed by atoms with Crippen LogP contribution in [0.25, 0.3) is 140 Å². The highest BCUT2D eigenvalue weighted by molar-refractivity contribution is 7.27. The van der Waals surface area contributed by atoms with Gasteiger partial charge < -0.3 is 0 Å². The normalized spacial score (nSPS) is 12.1. The molecule has 0 atom stereocenters. The molecule has 14 aromatic rings. The van der Waals surface area contributed by atoms with Crippen molar-refractivity contribution in [1.82, 2.24) is 0 Å². The van der Waals surface area contributed by atoms with E-state index in [1.54, 1.807) is 0 Å². The Balaban J connectivity index is 0.887. The number of rotatable bonds is 4. The number of fused-ring (bicyclic) bond motifs is 12. The van der Waals surface area contributed by atoms with Crippen LogP contribution in [0.15, 0.2) is 218 Å². The zero-order chi connectivity index (χ0) is 41.2. The molecule has 0 nitrogen and oxygen atoms in total. The van der Waals surface area contributed by atoms with Crippen molar-refractivity contribution in [2.45, 2.75) is 0 Å². The monoisotopic (exact) mass is 812 g/mol. The van der Waals surface area contributed by atoms with E-state index in [2.05, 4.69) is 218 Å². The van der Waals surface area contributed by atoms with Crippen LogP contribution in [0.1, 0.15) is 0 Å². The highest BCUT2D eigenvalue weighted by atomic mass is 32.1. The lowest BCUT2D eigenvalue weighted by Gasteiger charge is -2.17. The zero-order valence-corrected chi connectivity index (χ0v) is 35.0. The van der Waals surface area contributed by atoms with Crippen molar-refractivity contribution >= 4 is 107 Å². The van der Waals surface area contributed by atoms with E-state index in [1.165, 1.54) is 140 Å². The summed E-state index contributed by atoms with van der Waals surface area (Å²) < 4.78 is 2.69. The fourth-order valence-corrected chi connectivity index (χ4v) is 12.1. The minimum absolute atomic E-state index is 1.22. The van der Waals surface area contributed by atoms with E-state index in [9.17, 15) is 0 Å². The predicted octanol–water partition coefficient (Wildman–Crippen LogP) is 18.2. The van der Waals surface area contributed by atoms with Crippen LogP contribution >= 0.6 is 11.3 Å². The third-order valence-corrected chi connectivity index (χ3v) is 15.0. The van der Waals surface area contributed by atoms with Crippen LogP contribution in [0.3, 0.4) is 0 Å². The van der Waals surface area contributed by atoms with Gasteiger partial charge in [0.15, 0.2) is 0 Å². The summed E-state index contributed by atoms with van der Waals surface area (Å²) in [7, 11) is 0. The van der Waals surface area contributed by atoms with Gasteiger partial charge in [0, 0.05) is 20.2 Å². The fraction of sp³-hybridized carbons (Fsp3) is 0. The van der Waals surface area contributed by atoms with E-state index in [0.717, 1.165) is 0 Å². The Kier molecular flexibility index (Phi) is 7.37. The van der Waals surface area contributed by atoms with Gasteiger partial charge in [-0.15, -0.1) is 11.3 Å². The maximum atomic E-state index is 2.39. The first-order valence-corrected chi connectivity index (χ1v) is 22.6. The summed E-state index contributed by atoms with van der Waals surface area (Å²) in [5.41, 5.74) is 9.91. The second kappa shape index (κ2) is 13.3. The highest BCUT2D eigenvalue weighted by Gasteiger charge is 2.18. The van der Waals surface area contributed by atoms with E-state index in [-0.39, 0.29) is 0 Å². The molecule has 1 heterocycles. The van der Waals surface area contributed by atoms with Crippen LogP contribution in [0.2, 0.25) is 0 Å². The quantitative estimate of drug-likeness (QED) is 0.155. The third-order valence-electron chi connectivity index (χ3n) is 13.8. The van der Waals surface area contributed by atoms with Gasteiger partial charge >= 0.3 is 0 Å². The Morgan fingerprint density at radius 1 is 0.222 bits per heavy atom. The molecule has 0 spiro atoms. The van der Waals surface area contributed by atoms with Crippen LogP contribution in [-0.2, 0) is 0 Å². The SMILES string of the molecule is c1ccc(-c2cccc(-c3ccc4ccc5c(-c6cccc(-c7ccc8c(ccc9c8sc8ccc%10c%11ccccc%11c%11ccccc%11c%10c89)c7)c6)ccc6ccc3c4c65)c2)cc1. The fourth-order valence-electron chi connectivity index (χ4n) is 10.9. The zero-order valence-electron chi connectivity index (χ0n) is 34.2. The van der Waals surface area contributed by atoms with Gasteiger partial charge in [-0.25, -0.2) is 0 Å². The summed E-state index contributed by atoms with van der Waals surface area (Å²) in [6, 6.07) is 81.6. The average molecular weight is 813 g/mol. The predicted molar refractivity (Wildman–Crippen MR) is 275 cm³/mol. The van der Waals surface area contributed by atoms with Crippen LogP contribution in [0, 0.1) is 0 Å². The van der Waals surface area contributed by atoms with Crippen LogP contribution in [0.5, 0.6) is 0 Å². The molecule has 14 rings (SSSR count). The molecule has 0 N–H and O–H groups in total. The van der Waals surface area contributed by atoms with Crippen molar-refractivity contribution in [2.75, 3.05) is 0 Å². The summed E-state index contributed by atoms with van der Waals surface area (Å²) in [5.74, 6) is 0. The molecule has 0 radical (unpaired) electrons. The summed E-state index contributed by atoms with van der Waals surface area (Å²) in [6.07, 6.45) is 0. The molecule has 13 aromatic carbocycles. The molecule has 0 saturated carbocycles. The molecule has 0 fully saturated rings. The molecule has 0 saturated heterocycles. The van der Waals surface area contributed by atoms with Gasteiger partial charge in [0.25, 0.3) is 0 Å². The maximum absolute atomic E-state index is 2.39. The van der Waals surface area contributed by atoms with Crippen LogP contribution in [0.4, 0.5) is 0 Å². The largest absolute Gasteiger partial charge is 0.135 e. The lowest BCUT2D eigenvalue weighted by atomic mass is 9.86. The van der Waals surface area contributed by atoms with Gasteiger partial charge in [0.05, 0.1) is 0 Å².